The molecule has 1 aromatic rings. The summed E-state index contributed by atoms with van der Waals surface area (Å²) >= 11 is 0. The number of amides is 1. The molecule has 21 heavy (non-hydrogen) atoms. The van der Waals surface area contributed by atoms with Gasteiger partial charge in [0.2, 0.25) is 5.91 Å². The number of hydrogen-bond acceptors (Lipinski definition) is 3. The van der Waals surface area contributed by atoms with Crippen LogP contribution in [0.2, 0.25) is 0 Å². The zero-order chi connectivity index (χ0) is 15.3. The smallest absolute Gasteiger partial charge is 0.223 e. The molecule has 1 fully saturated rings. The molecular weight excluding hydrogens is 266 g/mol. The fourth-order valence-electron chi connectivity index (χ4n) is 2.37. The Hall–Kier alpha value is -1.55. The van der Waals surface area contributed by atoms with Gasteiger partial charge in [0.25, 0.3) is 0 Å². The van der Waals surface area contributed by atoms with Crippen molar-refractivity contribution in [3.8, 4) is 5.75 Å². The fourth-order valence-corrected chi connectivity index (χ4v) is 2.37. The van der Waals surface area contributed by atoms with Crippen LogP contribution in [0.15, 0.2) is 18.2 Å². The molecule has 0 spiro atoms. The van der Waals surface area contributed by atoms with Gasteiger partial charge in [-0.15, -0.1) is 0 Å². The molecule has 4 heteroatoms. The lowest BCUT2D eigenvalue weighted by atomic mass is 10.0. The van der Waals surface area contributed by atoms with Crippen molar-refractivity contribution < 1.29 is 14.6 Å². The van der Waals surface area contributed by atoms with Gasteiger partial charge in [0.1, 0.15) is 5.75 Å². The summed E-state index contributed by atoms with van der Waals surface area (Å²) in [4.78, 5) is 11.8. The molecule has 116 valence electrons. The van der Waals surface area contributed by atoms with Crippen LogP contribution in [-0.4, -0.2) is 30.8 Å². The molecular formula is C17H25NO3. The Labute approximate surface area is 126 Å². The Morgan fingerprint density at radius 2 is 2.10 bits per heavy atom. The summed E-state index contributed by atoms with van der Waals surface area (Å²) in [5.74, 6) is 0.827. The molecule has 1 saturated carbocycles. The van der Waals surface area contributed by atoms with Crippen LogP contribution in [0.1, 0.15) is 36.8 Å². The molecule has 0 aliphatic heterocycles. The van der Waals surface area contributed by atoms with Gasteiger partial charge in [0.15, 0.2) is 0 Å². The molecule has 2 rings (SSSR count). The first-order valence-electron chi connectivity index (χ1n) is 7.62. The second kappa shape index (κ2) is 6.94. The van der Waals surface area contributed by atoms with Crippen LogP contribution in [0.5, 0.6) is 5.75 Å². The van der Waals surface area contributed by atoms with Gasteiger partial charge in [-0.1, -0.05) is 6.07 Å². The van der Waals surface area contributed by atoms with Gasteiger partial charge in [-0.2, -0.15) is 0 Å². The van der Waals surface area contributed by atoms with Gasteiger partial charge in [0.05, 0.1) is 13.0 Å². The second-order valence-electron chi connectivity index (χ2n) is 6.09. The number of hydrogen-bond donors (Lipinski definition) is 2. The van der Waals surface area contributed by atoms with E-state index in [0.717, 1.165) is 25.0 Å². The Morgan fingerprint density at radius 3 is 2.71 bits per heavy atom. The minimum absolute atomic E-state index is 0.0167. The van der Waals surface area contributed by atoms with E-state index in [4.69, 9.17) is 9.84 Å². The number of carbonyl (C=O) groups is 1. The van der Waals surface area contributed by atoms with Gasteiger partial charge in [0, 0.05) is 13.2 Å². The van der Waals surface area contributed by atoms with E-state index in [-0.39, 0.29) is 17.9 Å². The third kappa shape index (κ3) is 4.74. The SMILES string of the molecule is Cc1ccc(OCCC(=O)NCC2(CCO)CC2)cc1C. The van der Waals surface area contributed by atoms with Gasteiger partial charge >= 0.3 is 0 Å². The number of nitrogens with one attached hydrogen (secondary N) is 1. The largest absolute Gasteiger partial charge is 0.493 e. The zero-order valence-corrected chi connectivity index (χ0v) is 12.9. The molecule has 1 aliphatic rings. The fraction of sp³-hybridized carbons (Fsp3) is 0.588. The van der Waals surface area contributed by atoms with E-state index in [0.29, 0.717) is 19.6 Å². The molecule has 0 saturated heterocycles. The second-order valence-corrected chi connectivity index (χ2v) is 6.09. The van der Waals surface area contributed by atoms with E-state index in [1.54, 1.807) is 0 Å². The number of ether oxygens (including phenoxy) is 1. The molecule has 0 bridgehead atoms. The van der Waals surface area contributed by atoms with Crippen LogP contribution in [0.3, 0.4) is 0 Å². The molecule has 0 atom stereocenters. The zero-order valence-electron chi connectivity index (χ0n) is 12.9. The summed E-state index contributed by atoms with van der Waals surface area (Å²) < 4.78 is 5.61. The topological polar surface area (TPSA) is 58.6 Å². The van der Waals surface area contributed by atoms with Crippen molar-refractivity contribution in [1.82, 2.24) is 5.32 Å². The lowest BCUT2D eigenvalue weighted by Crippen LogP contribution is -2.31. The standard InChI is InChI=1S/C17H25NO3/c1-13-3-4-15(11-14(13)2)21-10-5-16(20)18-12-17(6-7-17)8-9-19/h3-4,11,19H,5-10,12H2,1-2H3,(H,18,20). The maximum Gasteiger partial charge on any atom is 0.223 e. The van der Waals surface area contributed by atoms with Crippen LogP contribution in [0.4, 0.5) is 0 Å². The molecule has 2 N–H and O–H groups in total. The number of carbonyl (C=O) groups excluding carboxylic acids is 1. The van der Waals surface area contributed by atoms with Crippen LogP contribution < -0.4 is 10.1 Å². The minimum Gasteiger partial charge on any atom is -0.493 e. The summed E-state index contributed by atoms with van der Waals surface area (Å²) in [6.45, 7) is 5.38. The summed E-state index contributed by atoms with van der Waals surface area (Å²) in [5.41, 5.74) is 2.59. The Kier molecular flexibility index (Phi) is 5.23. The number of aryl methyl sites for hydroxylation is 2. The predicted octanol–water partition coefficient (Wildman–Crippen LogP) is 2.35. The van der Waals surface area contributed by atoms with Crippen LogP contribution >= 0.6 is 0 Å². The van der Waals surface area contributed by atoms with Gasteiger partial charge in [-0.25, -0.2) is 0 Å². The lowest BCUT2D eigenvalue weighted by Gasteiger charge is -2.14. The maximum atomic E-state index is 11.8. The first-order valence-corrected chi connectivity index (χ1v) is 7.62. The van der Waals surface area contributed by atoms with Crippen molar-refractivity contribution >= 4 is 5.91 Å². The number of benzene rings is 1. The molecule has 4 nitrogen and oxygen atoms in total. The van der Waals surface area contributed by atoms with E-state index >= 15 is 0 Å². The summed E-state index contributed by atoms with van der Waals surface area (Å²) in [7, 11) is 0. The first-order chi connectivity index (χ1) is 10.0. The molecule has 0 heterocycles. The molecule has 1 amide bonds. The Morgan fingerprint density at radius 1 is 1.33 bits per heavy atom. The van der Waals surface area contributed by atoms with Crippen molar-refractivity contribution in [3.05, 3.63) is 29.3 Å². The highest BCUT2D eigenvalue weighted by atomic mass is 16.5. The monoisotopic (exact) mass is 291 g/mol. The quantitative estimate of drug-likeness (QED) is 0.773. The highest BCUT2D eigenvalue weighted by Gasteiger charge is 2.41. The molecule has 0 unspecified atom stereocenters. The number of rotatable bonds is 8. The third-order valence-electron chi connectivity index (χ3n) is 4.34. The van der Waals surface area contributed by atoms with Crippen LogP contribution in [-0.2, 0) is 4.79 Å². The van der Waals surface area contributed by atoms with E-state index in [1.165, 1.54) is 11.1 Å². The minimum atomic E-state index is 0.0167. The maximum absolute atomic E-state index is 11.8. The van der Waals surface area contributed by atoms with Gasteiger partial charge in [-0.05, 0) is 61.8 Å². The lowest BCUT2D eigenvalue weighted by molar-refractivity contribution is -0.121. The predicted molar refractivity (Wildman–Crippen MR) is 82.4 cm³/mol. The van der Waals surface area contributed by atoms with Crippen LogP contribution in [0.25, 0.3) is 0 Å². The summed E-state index contributed by atoms with van der Waals surface area (Å²) in [5, 5.41) is 11.9. The first kappa shape index (κ1) is 15.8. The average molecular weight is 291 g/mol. The molecule has 1 aromatic carbocycles. The van der Waals surface area contributed by atoms with Crippen molar-refractivity contribution in [3.63, 3.8) is 0 Å². The summed E-state index contributed by atoms with van der Waals surface area (Å²) in [6.07, 6.45) is 3.36. The molecule has 0 radical (unpaired) electrons. The van der Waals surface area contributed by atoms with Crippen LogP contribution in [0, 0.1) is 19.3 Å². The highest BCUT2D eigenvalue weighted by molar-refractivity contribution is 5.76. The highest BCUT2D eigenvalue weighted by Crippen LogP contribution is 2.47. The third-order valence-corrected chi connectivity index (χ3v) is 4.34. The summed E-state index contributed by atoms with van der Waals surface area (Å²) in [6, 6.07) is 5.95. The van der Waals surface area contributed by atoms with E-state index in [2.05, 4.69) is 12.2 Å². The number of aliphatic hydroxyl groups is 1. The van der Waals surface area contributed by atoms with E-state index < -0.39 is 0 Å². The average Bonchev–Trinajstić information content (AvgIpc) is 3.21. The van der Waals surface area contributed by atoms with E-state index in [1.807, 2.05) is 25.1 Å². The Balaban J connectivity index is 1.66. The van der Waals surface area contributed by atoms with Gasteiger partial charge < -0.3 is 15.2 Å². The van der Waals surface area contributed by atoms with Crippen molar-refractivity contribution in [2.75, 3.05) is 19.8 Å². The van der Waals surface area contributed by atoms with Crippen molar-refractivity contribution in [1.29, 1.82) is 0 Å². The normalized spacial score (nSPS) is 15.6. The number of aliphatic hydroxyl groups excluding tert-OH is 1. The van der Waals surface area contributed by atoms with E-state index in [9.17, 15) is 4.79 Å². The Bertz CT molecular complexity index is 495. The molecule has 1 aliphatic carbocycles. The van der Waals surface area contributed by atoms with Crippen molar-refractivity contribution in [2.45, 2.75) is 39.5 Å². The van der Waals surface area contributed by atoms with Gasteiger partial charge in [-0.3, -0.25) is 4.79 Å². The van der Waals surface area contributed by atoms with Crippen molar-refractivity contribution in [2.24, 2.45) is 5.41 Å². The molecule has 0 aromatic heterocycles.